The molecule has 158 valence electrons. The van der Waals surface area contributed by atoms with Crippen LogP contribution in [0.1, 0.15) is 27.6 Å². The van der Waals surface area contributed by atoms with Gasteiger partial charge in [0.15, 0.2) is 0 Å². The molecule has 3 aromatic carbocycles. The summed E-state index contributed by atoms with van der Waals surface area (Å²) < 4.78 is 11.3. The highest BCUT2D eigenvalue weighted by Gasteiger charge is 2.28. The molecule has 7 nitrogen and oxygen atoms in total. The predicted octanol–water partition coefficient (Wildman–Crippen LogP) is 3.62. The lowest BCUT2D eigenvalue weighted by Crippen LogP contribution is -2.41. The highest BCUT2D eigenvalue weighted by atomic mass is 16.6. The van der Waals surface area contributed by atoms with Crippen molar-refractivity contribution in [3.63, 3.8) is 0 Å². The molecule has 2 N–H and O–H groups in total. The Labute approximate surface area is 180 Å². The van der Waals surface area contributed by atoms with Gasteiger partial charge in [-0.15, -0.1) is 0 Å². The monoisotopic (exact) mass is 418 g/mol. The van der Waals surface area contributed by atoms with Gasteiger partial charge in [0.05, 0.1) is 0 Å². The molecule has 3 amide bonds. The maximum absolute atomic E-state index is 12.9. The predicted molar refractivity (Wildman–Crippen MR) is 114 cm³/mol. The molecule has 0 fully saturated rings. The molecule has 0 bridgehead atoms. The molecule has 0 saturated heterocycles. The van der Waals surface area contributed by atoms with Crippen LogP contribution in [-0.2, 0) is 16.1 Å². The Morgan fingerprint density at radius 1 is 0.839 bits per heavy atom. The van der Waals surface area contributed by atoms with Crippen molar-refractivity contribution in [2.24, 2.45) is 0 Å². The number of urea groups is 1. The fraction of sp³-hybridized carbons (Fsp3) is 0.125. The van der Waals surface area contributed by atoms with Gasteiger partial charge in [-0.05, 0) is 17.7 Å². The number of para-hydroxylation sites is 1. The zero-order valence-corrected chi connectivity index (χ0v) is 16.9. The van der Waals surface area contributed by atoms with E-state index < -0.39 is 24.0 Å². The minimum absolute atomic E-state index is 0.173. The van der Waals surface area contributed by atoms with E-state index in [2.05, 4.69) is 10.6 Å². The minimum atomic E-state index is -1.31. The summed E-state index contributed by atoms with van der Waals surface area (Å²) in [5.74, 6) is -1.18. The van der Waals surface area contributed by atoms with Crippen molar-refractivity contribution in [1.82, 2.24) is 10.6 Å². The Morgan fingerprint density at radius 2 is 1.45 bits per heavy atom. The van der Waals surface area contributed by atoms with Crippen LogP contribution >= 0.6 is 0 Å². The molecule has 0 radical (unpaired) electrons. The first-order valence-electron chi connectivity index (χ1n) is 9.62. The average molecular weight is 418 g/mol. The van der Waals surface area contributed by atoms with Gasteiger partial charge in [0.2, 0.25) is 6.10 Å². The smallest absolute Gasteiger partial charge is 0.343 e. The van der Waals surface area contributed by atoms with Crippen molar-refractivity contribution >= 4 is 17.9 Å². The van der Waals surface area contributed by atoms with Crippen molar-refractivity contribution in [3.05, 3.63) is 102 Å². The van der Waals surface area contributed by atoms with E-state index in [1.54, 1.807) is 54.6 Å². The number of nitrogens with one attached hydrogen (secondary N) is 2. The number of imide groups is 1. The topological polar surface area (TPSA) is 93.7 Å². The van der Waals surface area contributed by atoms with Gasteiger partial charge in [0.25, 0.3) is 5.91 Å². The zero-order chi connectivity index (χ0) is 22.1. The highest BCUT2D eigenvalue weighted by molar-refractivity contribution is 5.99. The number of hydrogen-bond donors (Lipinski definition) is 2. The Morgan fingerprint density at radius 3 is 2.13 bits per heavy atom. The first kappa shape index (κ1) is 21.6. The van der Waals surface area contributed by atoms with Crippen molar-refractivity contribution < 1.29 is 23.9 Å². The quantitative estimate of drug-likeness (QED) is 0.572. The molecule has 3 aromatic rings. The van der Waals surface area contributed by atoms with Crippen LogP contribution in [0.5, 0.6) is 5.75 Å². The molecule has 0 aliphatic rings. The fourth-order valence-electron chi connectivity index (χ4n) is 2.81. The fourth-order valence-corrected chi connectivity index (χ4v) is 2.81. The van der Waals surface area contributed by atoms with Gasteiger partial charge in [-0.1, -0.05) is 72.8 Å². The third-order valence-electron chi connectivity index (χ3n) is 4.37. The van der Waals surface area contributed by atoms with Crippen LogP contribution in [0.3, 0.4) is 0 Å². The van der Waals surface area contributed by atoms with Gasteiger partial charge < -0.3 is 14.8 Å². The summed E-state index contributed by atoms with van der Waals surface area (Å²) in [5, 5.41) is 4.45. The van der Waals surface area contributed by atoms with Crippen LogP contribution in [0.25, 0.3) is 0 Å². The number of carbonyl (C=O) groups excluding carboxylic acids is 3. The van der Waals surface area contributed by atoms with Crippen LogP contribution in [0.2, 0.25) is 0 Å². The van der Waals surface area contributed by atoms with Crippen LogP contribution in [-0.4, -0.2) is 25.0 Å². The van der Waals surface area contributed by atoms with Gasteiger partial charge >= 0.3 is 12.0 Å². The summed E-state index contributed by atoms with van der Waals surface area (Å²) in [5.41, 5.74) is 1.55. The van der Waals surface area contributed by atoms with E-state index in [-0.39, 0.29) is 12.2 Å². The summed E-state index contributed by atoms with van der Waals surface area (Å²) in [6, 6.07) is 23.9. The molecule has 0 aromatic heterocycles. The molecule has 1 atom stereocenters. The lowest BCUT2D eigenvalue weighted by molar-refractivity contribution is -0.129. The average Bonchev–Trinajstić information content (AvgIpc) is 2.82. The van der Waals surface area contributed by atoms with Crippen molar-refractivity contribution in [1.29, 1.82) is 0 Å². The van der Waals surface area contributed by atoms with Crippen molar-refractivity contribution in [2.45, 2.75) is 12.7 Å². The lowest BCUT2D eigenvalue weighted by atomic mass is 10.1. The van der Waals surface area contributed by atoms with Crippen molar-refractivity contribution in [3.8, 4) is 5.75 Å². The molecule has 0 spiro atoms. The Hall–Kier alpha value is -4.13. The van der Waals surface area contributed by atoms with Gasteiger partial charge in [-0.2, -0.15) is 0 Å². The molecular formula is C24H22N2O5. The van der Waals surface area contributed by atoms with Gasteiger partial charge in [-0.25, -0.2) is 9.59 Å². The normalized spacial score (nSPS) is 11.1. The van der Waals surface area contributed by atoms with Gasteiger partial charge in [-0.3, -0.25) is 10.1 Å². The molecule has 0 unspecified atom stereocenters. The molecule has 0 saturated carbocycles. The Bertz CT molecular complexity index is 1040. The van der Waals surface area contributed by atoms with Crippen LogP contribution in [0.15, 0.2) is 84.9 Å². The first-order valence-corrected chi connectivity index (χ1v) is 9.62. The van der Waals surface area contributed by atoms with Crippen LogP contribution in [0, 0.1) is 0 Å². The van der Waals surface area contributed by atoms with Crippen LogP contribution in [0.4, 0.5) is 4.79 Å². The first-order chi connectivity index (χ1) is 15.1. The number of amides is 3. The second kappa shape index (κ2) is 10.6. The number of esters is 1. The Balaban J connectivity index is 1.80. The lowest BCUT2D eigenvalue weighted by Gasteiger charge is -2.18. The third kappa shape index (κ3) is 5.93. The largest absolute Gasteiger partial charge is 0.488 e. The molecule has 0 aliphatic carbocycles. The molecule has 0 heterocycles. The summed E-state index contributed by atoms with van der Waals surface area (Å²) in [4.78, 5) is 37.1. The molecule has 31 heavy (non-hydrogen) atoms. The maximum atomic E-state index is 12.9. The third-order valence-corrected chi connectivity index (χ3v) is 4.37. The molecule has 3 rings (SSSR count). The zero-order valence-electron chi connectivity index (χ0n) is 16.9. The molecule has 0 aliphatic heterocycles. The number of ether oxygens (including phenoxy) is 2. The summed E-state index contributed by atoms with van der Waals surface area (Å²) >= 11 is 0. The van der Waals surface area contributed by atoms with Crippen LogP contribution < -0.4 is 15.4 Å². The maximum Gasteiger partial charge on any atom is 0.343 e. The van der Waals surface area contributed by atoms with E-state index >= 15 is 0 Å². The number of rotatable bonds is 7. The van der Waals surface area contributed by atoms with Gasteiger partial charge in [0.1, 0.15) is 17.9 Å². The molecular weight excluding hydrogens is 396 g/mol. The SMILES string of the molecule is CNC(=O)NC(=O)[C@@H](OC(=O)c1ccccc1OCc1ccccc1)c1ccccc1. The standard InChI is InChI=1S/C24H22N2O5/c1-25-24(29)26-22(27)21(18-12-6-3-7-13-18)31-23(28)19-14-8-9-15-20(19)30-16-17-10-4-2-5-11-17/h2-15,21H,16H2,1H3,(H2,25,26,27,29)/t21-/m0/s1. The summed E-state index contributed by atoms with van der Waals surface area (Å²) in [6.45, 7) is 0.268. The summed E-state index contributed by atoms with van der Waals surface area (Å²) in [7, 11) is 1.38. The number of benzene rings is 3. The van der Waals surface area contributed by atoms with E-state index in [9.17, 15) is 14.4 Å². The van der Waals surface area contributed by atoms with Crippen molar-refractivity contribution in [2.75, 3.05) is 7.05 Å². The highest BCUT2D eigenvalue weighted by Crippen LogP contribution is 2.25. The second-order valence-corrected chi connectivity index (χ2v) is 6.53. The molecule has 7 heteroatoms. The van der Waals surface area contributed by atoms with E-state index in [0.717, 1.165) is 5.56 Å². The second-order valence-electron chi connectivity index (χ2n) is 6.53. The Kier molecular flexibility index (Phi) is 7.37. The summed E-state index contributed by atoms with van der Waals surface area (Å²) in [6.07, 6.45) is -1.31. The van der Waals surface area contributed by atoms with E-state index in [1.165, 1.54) is 7.05 Å². The number of hydrogen-bond acceptors (Lipinski definition) is 5. The number of carbonyl (C=O) groups is 3. The van der Waals surface area contributed by atoms with E-state index in [0.29, 0.717) is 11.3 Å². The van der Waals surface area contributed by atoms with E-state index in [1.807, 2.05) is 30.3 Å². The minimum Gasteiger partial charge on any atom is -0.488 e. The van der Waals surface area contributed by atoms with E-state index in [4.69, 9.17) is 9.47 Å². The van der Waals surface area contributed by atoms with Gasteiger partial charge in [0, 0.05) is 12.6 Å².